The average Bonchev–Trinajstić information content (AvgIpc) is 3.06. The van der Waals surface area contributed by atoms with Gasteiger partial charge in [-0.3, -0.25) is 9.48 Å². The zero-order chi connectivity index (χ0) is 14.8. The van der Waals surface area contributed by atoms with Crippen LogP contribution in [0, 0.1) is 6.92 Å². The second-order valence-corrected chi connectivity index (χ2v) is 4.57. The summed E-state index contributed by atoms with van der Waals surface area (Å²) in [4.78, 5) is 16.5. The Kier molecular flexibility index (Phi) is 3.23. The van der Waals surface area contributed by atoms with Crippen molar-refractivity contribution in [3.05, 3.63) is 54.1 Å². The van der Waals surface area contributed by atoms with Gasteiger partial charge in [-0.05, 0) is 19.1 Å². The highest BCUT2D eigenvalue weighted by Gasteiger charge is 2.16. The van der Waals surface area contributed by atoms with Crippen molar-refractivity contribution in [2.24, 2.45) is 7.05 Å². The largest absolute Gasteiger partial charge is 0.305 e. The summed E-state index contributed by atoms with van der Waals surface area (Å²) in [5.41, 5.74) is 1.22. The molecule has 0 saturated heterocycles. The number of hydrogen-bond donors (Lipinski definition) is 1. The monoisotopic (exact) mass is 282 g/mol. The number of aryl methyl sites for hydroxylation is 1. The predicted octanol–water partition coefficient (Wildman–Crippen LogP) is 1.56. The molecule has 3 heterocycles. The Balaban J connectivity index is 1.87. The minimum Gasteiger partial charge on any atom is -0.305 e. The standard InChI is InChI=1S/C14H14N6O/c1-10-11(14(21)17-12-6-8-19(2)18-12)9-16-20(10)13-5-3-4-7-15-13/h3-9H,1-2H3,(H,17,18,21). The van der Waals surface area contributed by atoms with Gasteiger partial charge in [-0.25, -0.2) is 9.67 Å². The number of nitrogens with one attached hydrogen (secondary N) is 1. The van der Waals surface area contributed by atoms with E-state index in [1.165, 1.54) is 6.20 Å². The summed E-state index contributed by atoms with van der Waals surface area (Å²) in [6.07, 6.45) is 4.98. The first-order chi connectivity index (χ1) is 10.1. The molecule has 0 unspecified atom stereocenters. The van der Waals surface area contributed by atoms with Gasteiger partial charge in [0.25, 0.3) is 5.91 Å². The first-order valence-electron chi connectivity index (χ1n) is 6.42. The van der Waals surface area contributed by atoms with Crippen LogP contribution in [0.25, 0.3) is 5.82 Å². The number of pyridine rings is 1. The molecule has 7 heteroatoms. The van der Waals surface area contributed by atoms with Gasteiger partial charge in [-0.15, -0.1) is 0 Å². The van der Waals surface area contributed by atoms with Crippen LogP contribution in [0.1, 0.15) is 16.1 Å². The lowest BCUT2D eigenvalue weighted by Gasteiger charge is -2.04. The molecule has 3 aromatic rings. The molecule has 7 nitrogen and oxygen atoms in total. The number of carbonyl (C=O) groups excluding carboxylic acids is 1. The van der Waals surface area contributed by atoms with E-state index >= 15 is 0 Å². The highest BCUT2D eigenvalue weighted by Crippen LogP contribution is 2.13. The second-order valence-electron chi connectivity index (χ2n) is 4.57. The number of anilines is 1. The SMILES string of the molecule is Cc1c(C(=O)Nc2ccn(C)n2)cnn1-c1ccccn1. The van der Waals surface area contributed by atoms with Crippen molar-refractivity contribution in [3.8, 4) is 5.82 Å². The third-order valence-electron chi connectivity index (χ3n) is 3.08. The van der Waals surface area contributed by atoms with Gasteiger partial charge < -0.3 is 5.32 Å². The van der Waals surface area contributed by atoms with E-state index in [-0.39, 0.29) is 5.91 Å². The fraction of sp³-hybridized carbons (Fsp3) is 0.143. The van der Waals surface area contributed by atoms with Crippen molar-refractivity contribution >= 4 is 11.7 Å². The Morgan fingerprint density at radius 2 is 2.14 bits per heavy atom. The molecule has 106 valence electrons. The van der Waals surface area contributed by atoms with Crippen LogP contribution in [0.15, 0.2) is 42.9 Å². The van der Waals surface area contributed by atoms with Gasteiger partial charge in [0, 0.05) is 25.5 Å². The smallest absolute Gasteiger partial charge is 0.260 e. The van der Waals surface area contributed by atoms with Crippen molar-refractivity contribution in [1.29, 1.82) is 0 Å². The predicted molar refractivity (Wildman–Crippen MR) is 77.3 cm³/mol. The van der Waals surface area contributed by atoms with E-state index in [9.17, 15) is 4.79 Å². The summed E-state index contributed by atoms with van der Waals surface area (Å²) in [7, 11) is 1.79. The van der Waals surface area contributed by atoms with Gasteiger partial charge in [0.05, 0.1) is 17.5 Å². The van der Waals surface area contributed by atoms with Crippen molar-refractivity contribution in [1.82, 2.24) is 24.5 Å². The van der Waals surface area contributed by atoms with Crippen LogP contribution < -0.4 is 5.32 Å². The highest BCUT2D eigenvalue weighted by atomic mass is 16.1. The third kappa shape index (κ3) is 2.53. The maximum absolute atomic E-state index is 12.3. The Morgan fingerprint density at radius 1 is 1.29 bits per heavy atom. The van der Waals surface area contributed by atoms with Crippen LogP contribution in [0.5, 0.6) is 0 Å². The Labute approximate surface area is 121 Å². The summed E-state index contributed by atoms with van der Waals surface area (Å²) in [5, 5.41) is 11.1. The van der Waals surface area contributed by atoms with Gasteiger partial charge in [-0.1, -0.05) is 6.07 Å². The third-order valence-corrected chi connectivity index (χ3v) is 3.08. The second kappa shape index (κ2) is 5.20. The van der Waals surface area contributed by atoms with E-state index < -0.39 is 0 Å². The maximum Gasteiger partial charge on any atom is 0.260 e. The molecule has 0 aliphatic rings. The van der Waals surface area contributed by atoms with Crippen LogP contribution in [0.3, 0.4) is 0 Å². The first kappa shape index (κ1) is 13.0. The summed E-state index contributed by atoms with van der Waals surface area (Å²) in [6, 6.07) is 7.27. The zero-order valence-electron chi connectivity index (χ0n) is 11.7. The van der Waals surface area contributed by atoms with Crippen LogP contribution >= 0.6 is 0 Å². The molecule has 0 bridgehead atoms. The fourth-order valence-electron chi connectivity index (χ4n) is 2.01. The van der Waals surface area contributed by atoms with E-state index in [0.29, 0.717) is 17.2 Å². The topological polar surface area (TPSA) is 77.6 Å². The lowest BCUT2D eigenvalue weighted by atomic mass is 10.2. The summed E-state index contributed by atoms with van der Waals surface area (Å²) < 4.78 is 3.26. The molecule has 0 aliphatic heterocycles. The van der Waals surface area contributed by atoms with Crippen LogP contribution in [0.2, 0.25) is 0 Å². The molecule has 3 rings (SSSR count). The summed E-state index contributed by atoms with van der Waals surface area (Å²) in [5.74, 6) is 0.938. The van der Waals surface area contributed by atoms with E-state index in [1.807, 2.05) is 25.1 Å². The lowest BCUT2D eigenvalue weighted by molar-refractivity contribution is 0.102. The van der Waals surface area contributed by atoms with Gasteiger partial charge >= 0.3 is 0 Å². The first-order valence-corrected chi connectivity index (χ1v) is 6.42. The number of amides is 1. The summed E-state index contributed by atoms with van der Waals surface area (Å²) in [6.45, 7) is 1.83. The van der Waals surface area contributed by atoms with Gasteiger partial charge in [0.15, 0.2) is 11.6 Å². The number of carbonyl (C=O) groups is 1. The Morgan fingerprint density at radius 3 is 2.81 bits per heavy atom. The Bertz CT molecular complexity index is 774. The normalized spacial score (nSPS) is 10.6. The van der Waals surface area contributed by atoms with Crippen molar-refractivity contribution in [3.63, 3.8) is 0 Å². The van der Waals surface area contributed by atoms with Gasteiger partial charge in [-0.2, -0.15) is 10.2 Å². The molecule has 1 amide bonds. The molecule has 0 spiro atoms. The van der Waals surface area contributed by atoms with E-state index in [0.717, 1.165) is 5.69 Å². The molecule has 1 N–H and O–H groups in total. The molecule has 21 heavy (non-hydrogen) atoms. The van der Waals surface area contributed by atoms with Crippen LogP contribution in [0.4, 0.5) is 5.82 Å². The van der Waals surface area contributed by atoms with Gasteiger partial charge in [0.2, 0.25) is 0 Å². The van der Waals surface area contributed by atoms with Crippen LogP contribution in [-0.2, 0) is 7.05 Å². The van der Waals surface area contributed by atoms with Crippen LogP contribution in [-0.4, -0.2) is 30.5 Å². The Hall–Kier alpha value is -2.96. The molecule has 0 fully saturated rings. The number of rotatable bonds is 3. The highest BCUT2D eigenvalue weighted by molar-refractivity contribution is 6.04. The molecule has 0 aromatic carbocycles. The number of nitrogens with zero attached hydrogens (tertiary/aromatic N) is 5. The van der Waals surface area contributed by atoms with E-state index in [1.54, 1.807) is 34.9 Å². The van der Waals surface area contributed by atoms with Crippen molar-refractivity contribution in [2.45, 2.75) is 6.92 Å². The molecule has 0 saturated carbocycles. The minimum absolute atomic E-state index is 0.242. The molecule has 0 atom stereocenters. The van der Waals surface area contributed by atoms with E-state index in [2.05, 4.69) is 20.5 Å². The molecule has 0 aliphatic carbocycles. The molecular formula is C14H14N6O. The maximum atomic E-state index is 12.3. The zero-order valence-corrected chi connectivity index (χ0v) is 11.7. The number of aromatic nitrogens is 5. The lowest BCUT2D eigenvalue weighted by Crippen LogP contribution is -2.13. The van der Waals surface area contributed by atoms with Crippen molar-refractivity contribution < 1.29 is 4.79 Å². The van der Waals surface area contributed by atoms with E-state index in [4.69, 9.17) is 0 Å². The molecular weight excluding hydrogens is 268 g/mol. The molecule has 0 radical (unpaired) electrons. The minimum atomic E-state index is -0.242. The molecule has 3 aromatic heterocycles. The fourth-order valence-corrected chi connectivity index (χ4v) is 2.01. The average molecular weight is 282 g/mol. The summed E-state index contributed by atoms with van der Waals surface area (Å²) >= 11 is 0. The van der Waals surface area contributed by atoms with Gasteiger partial charge in [0.1, 0.15) is 0 Å². The number of hydrogen-bond acceptors (Lipinski definition) is 4. The van der Waals surface area contributed by atoms with Crippen molar-refractivity contribution in [2.75, 3.05) is 5.32 Å². The quantitative estimate of drug-likeness (QED) is 0.791.